The Kier molecular flexibility index (Phi) is 5.19. The van der Waals surface area contributed by atoms with Crippen molar-refractivity contribution in [2.75, 3.05) is 6.61 Å². The number of hydrogen-bond donors (Lipinski definition) is 3. The van der Waals surface area contributed by atoms with E-state index in [2.05, 4.69) is 10.0 Å². The zero-order chi connectivity index (χ0) is 16.3. The van der Waals surface area contributed by atoms with Crippen molar-refractivity contribution in [1.82, 2.24) is 0 Å². The van der Waals surface area contributed by atoms with Crippen molar-refractivity contribution in [3.05, 3.63) is 46.1 Å². The van der Waals surface area contributed by atoms with Crippen molar-refractivity contribution in [1.29, 1.82) is 0 Å². The monoisotopic (exact) mass is 305 g/mol. The molecule has 3 N–H and O–H groups in total. The van der Waals surface area contributed by atoms with Gasteiger partial charge in [-0.2, -0.15) is 0 Å². The standard InChI is InChI=1S/C12H14F3N3O3/c1-7(17-18-16)12(21,10(20)11(14,15)6-19)8-4-2-3-5-9(8)13/h2-5,7,10,19-21H,6H2,1H3/t7-,10+,12?/m0/s1. The molecule has 0 saturated carbocycles. The summed E-state index contributed by atoms with van der Waals surface area (Å²) >= 11 is 0. The van der Waals surface area contributed by atoms with Crippen LogP contribution in [0.5, 0.6) is 0 Å². The molecular formula is C12H14F3N3O3. The molecule has 0 radical (unpaired) electrons. The van der Waals surface area contributed by atoms with Crippen LogP contribution in [-0.4, -0.2) is 40.0 Å². The van der Waals surface area contributed by atoms with E-state index in [0.717, 1.165) is 19.1 Å². The van der Waals surface area contributed by atoms with Crippen molar-refractivity contribution in [2.45, 2.75) is 30.6 Å². The molecule has 0 aliphatic carbocycles. The maximum atomic E-state index is 13.8. The minimum Gasteiger partial charge on any atom is -0.390 e. The fourth-order valence-electron chi connectivity index (χ4n) is 1.96. The molecule has 116 valence electrons. The van der Waals surface area contributed by atoms with E-state index < -0.39 is 41.7 Å². The summed E-state index contributed by atoms with van der Waals surface area (Å²) in [7, 11) is 0. The normalized spacial score (nSPS) is 17.5. The zero-order valence-corrected chi connectivity index (χ0v) is 11.0. The Labute approximate surface area is 118 Å². The average Bonchev–Trinajstić information content (AvgIpc) is 2.46. The summed E-state index contributed by atoms with van der Waals surface area (Å²) in [6.07, 6.45) is -2.88. The SMILES string of the molecule is C[C@H](N=[N+]=[N-])C(O)(c1ccccc1F)[C@H](O)C(F)(F)CO. The van der Waals surface area contributed by atoms with Gasteiger partial charge in [0.1, 0.15) is 18.0 Å². The van der Waals surface area contributed by atoms with Crippen LogP contribution in [-0.2, 0) is 5.60 Å². The molecule has 1 unspecified atom stereocenters. The van der Waals surface area contributed by atoms with Crippen LogP contribution in [0.15, 0.2) is 29.4 Å². The van der Waals surface area contributed by atoms with Gasteiger partial charge in [-0.25, -0.2) is 13.2 Å². The fourth-order valence-corrected chi connectivity index (χ4v) is 1.96. The van der Waals surface area contributed by atoms with Crippen LogP contribution >= 0.6 is 0 Å². The predicted molar refractivity (Wildman–Crippen MR) is 66.9 cm³/mol. The van der Waals surface area contributed by atoms with E-state index in [4.69, 9.17) is 10.6 Å². The molecule has 0 fully saturated rings. The first-order valence-electron chi connectivity index (χ1n) is 5.90. The lowest BCUT2D eigenvalue weighted by Crippen LogP contribution is -2.57. The van der Waals surface area contributed by atoms with E-state index in [1.54, 1.807) is 0 Å². The second kappa shape index (κ2) is 6.31. The van der Waals surface area contributed by atoms with Gasteiger partial charge >= 0.3 is 0 Å². The highest BCUT2D eigenvalue weighted by Gasteiger charge is 2.55. The Hall–Kier alpha value is -1.80. The largest absolute Gasteiger partial charge is 0.390 e. The first-order chi connectivity index (χ1) is 9.71. The van der Waals surface area contributed by atoms with Gasteiger partial charge in [0.2, 0.25) is 0 Å². The van der Waals surface area contributed by atoms with Gasteiger partial charge in [0.15, 0.2) is 6.10 Å². The van der Waals surface area contributed by atoms with E-state index in [1.807, 2.05) is 0 Å². The van der Waals surface area contributed by atoms with Gasteiger partial charge in [-0.05, 0) is 11.6 Å². The number of benzene rings is 1. The first-order valence-corrected chi connectivity index (χ1v) is 5.90. The van der Waals surface area contributed by atoms with Crippen molar-refractivity contribution >= 4 is 0 Å². The fraction of sp³-hybridized carbons (Fsp3) is 0.500. The highest BCUT2D eigenvalue weighted by atomic mass is 19.3. The van der Waals surface area contributed by atoms with Crippen molar-refractivity contribution < 1.29 is 28.5 Å². The minimum atomic E-state index is -4.13. The summed E-state index contributed by atoms with van der Waals surface area (Å²) in [6.45, 7) is -0.725. The Morgan fingerprint density at radius 3 is 2.43 bits per heavy atom. The summed E-state index contributed by atoms with van der Waals surface area (Å²) in [5.74, 6) is -5.19. The summed E-state index contributed by atoms with van der Waals surface area (Å²) in [6, 6.07) is 2.78. The lowest BCUT2D eigenvalue weighted by atomic mass is 9.79. The molecule has 1 aromatic carbocycles. The minimum absolute atomic E-state index is 0.662. The van der Waals surface area contributed by atoms with E-state index in [1.165, 1.54) is 12.1 Å². The van der Waals surface area contributed by atoms with E-state index in [0.29, 0.717) is 0 Å². The predicted octanol–water partition coefficient (Wildman–Crippen LogP) is 1.70. The molecule has 0 amide bonds. The summed E-state index contributed by atoms with van der Waals surface area (Å²) in [4.78, 5) is 2.37. The van der Waals surface area contributed by atoms with Crippen LogP contribution in [0.25, 0.3) is 10.4 Å². The van der Waals surface area contributed by atoms with Gasteiger partial charge in [-0.15, -0.1) is 0 Å². The summed E-state index contributed by atoms with van der Waals surface area (Å²) < 4.78 is 40.9. The van der Waals surface area contributed by atoms with Gasteiger partial charge in [0.25, 0.3) is 5.92 Å². The number of halogens is 3. The topological polar surface area (TPSA) is 109 Å². The molecular weight excluding hydrogens is 291 g/mol. The molecule has 0 heterocycles. The second-order valence-electron chi connectivity index (χ2n) is 4.51. The molecule has 0 saturated heterocycles. The Bertz CT molecular complexity index is 552. The number of hydrogen-bond acceptors (Lipinski definition) is 4. The Morgan fingerprint density at radius 1 is 1.38 bits per heavy atom. The molecule has 6 nitrogen and oxygen atoms in total. The van der Waals surface area contributed by atoms with Crippen molar-refractivity contribution in [2.24, 2.45) is 5.11 Å². The first kappa shape index (κ1) is 17.3. The third-order valence-electron chi connectivity index (χ3n) is 3.19. The van der Waals surface area contributed by atoms with E-state index >= 15 is 0 Å². The molecule has 9 heteroatoms. The van der Waals surface area contributed by atoms with Crippen LogP contribution in [0.4, 0.5) is 13.2 Å². The molecule has 0 aliphatic rings. The number of nitrogens with zero attached hydrogens (tertiary/aromatic N) is 3. The van der Waals surface area contributed by atoms with Gasteiger partial charge in [0, 0.05) is 10.5 Å². The second-order valence-corrected chi connectivity index (χ2v) is 4.51. The quantitative estimate of drug-likeness (QED) is 0.422. The van der Waals surface area contributed by atoms with Crippen molar-refractivity contribution in [3.63, 3.8) is 0 Å². The summed E-state index contributed by atoms with van der Waals surface area (Å²) in [5.41, 5.74) is 4.82. The smallest absolute Gasteiger partial charge is 0.299 e. The van der Waals surface area contributed by atoms with Gasteiger partial charge < -0.3 is 15.3 Å². The molecule has 1 rings (SSSR count). The zero-order valence-electron chi connectivity index (χ0n) is 11.0. The van der Waals surface area contributed by atoms with E-state index in [9.17, 15) is 23.4 Å². The Balaban J connectivity index is 3.51. The highest BCUT2D eigenvalue weighted by molar-refractivity contribution is 5.29. The lowest BCUT2D eigenvalue weighted by molar-refractivity contribution is -0.218. The maximum Gasteiger partial charge on any atom is 0.299 e. The number of alkyl halides is 2. The van der Waals surface area contributed by atoms with E-state index in [-0.39, 0.29) is 0 Å². The number of aliphatic hydroxyl groups is 3. The average molecular weight is 305 g/mol. The lowest BCUT2D eigenvalue weighted by Gasteiger charge is -2.39. The number of azide groups is 1. The molecule has 0 aliphatic heterocycles. The van der Waals surface area contributed by atoms with Crippen LogP contribution in [0, 0.1) is 5.82 Å². The number of rotatable bonds is 6. The Morgan fingerprint density at radius 2 is 1.95 bits per heavy atom. The molecule has 0 bridgehead atoms. The molecule has 21 heavy (non-hydrogen) atoms. The third-order valence-corrected chi connectivity index (χ3v) is 3.19. The van der Waals surface area contributed by atoms with Crippen molar-refractivity contribution in [3.8, 4) is 0 Å². The van der Waals surface area contributed by atoms with Crippen LogP contribution in [0.3, 0.4) is 0 Å². The molecule has 1 aromatic rings. The van der Waals surface area contributed by atoms with Crippen LogP contribution in [0.2, 0.25) is 0 Å². The highest BCUT2D eigenvalue weighted by Crippen LogP contribution is 2.39. The van der Waals surface area contributed by atoms with Gasteiger partial charge in [-0.1, -0.05) is 30.2 Å². The maximum absolute atomic E-state index is 13.8. The molecule has 0 spiro atoms. The molecule has 3 atom stereocenters. The molecule has 0 aromatic heterocycles. The van der Waals surface area contributed by atoms with Crippen LogP contribution < -0.4 is 0 Å². The van der Waals surface area contributed by atoms with Gasteiger partial charge in [-0.3, -0.25) is 0 Å². The number of aliphatic hydroxyl groups excluding tert-OH is 2. The summed E-state index contributed by atoms with van der Waals surface area (Å²) in [5, 5.41) is 31.9. The third kappa shape index (κ3) is 3.11. The van der Waals surface area contributed by atoms with Gasteiger partial charge in [0.05, 0.1) is 6.04 Å². The van der Waals surface area contributed by atoms with Crippen LogP contribution in [0.1, 0.15) is 12.5 Å².